The fourth-order valence-corrected chi connectivity index (χ4v) is 2.31. The second-order valence-corrected chi connectivity index (χ2v) is 6.83. The first-order chi connectivity index (χ1) is 11.1. The fourth-order valence-electron chi connectivity index (χ4n) is 2.31. The Morgan fingerprint density at radius 1 is 0.739 bits per heavy atom. The minimum atomic E-state index is -0.0493. The molecule has 0 aliphatic carbocycles. The zero-order valence-corrected chi connectivity index (χ0v) is 15.9. The van der Waals surface area contributed by atoms with Crippen LogP contribution < -0.4 is 21.3 Å². The van der Waals surface area contributed by atoms with Gasteiger partial charge in [-0.3, -0.25) is 0 Å². The smallest absolute Gasteiger partial charge is 0.314 e. The van der Waals surface area contributed by atoms with Crippen molar-refractivity contribution in [2.75, 3.05) is 39.3 Å². The second-order valence-electron chi connectivity index (χ2n) is 6.83. The van der Waals surface area contributed by atoms with Crippen LogP contribution in [0, 0.1) is 5.41 Å². The summed E-state index contributed by atoms with van der Waals surface area (Å²) >= 11 is 0. The largest absolute Gasteiger partial charge is 0.338 e. The molecule has 0 rings (SSSR count). The molecule has 2 amide bonds. The van der Waals surface area contributed by atoms with Crippen LogP contribution in [-0.4, -0.2) is 45.3 Å². The number of nitrogens with one attached hydrogen (secondary N) is 4. The average molecular weight is 329 g/mol. The standard InChI is InChI=1S/C18H40N4O/c1-5-8-11-19-14-18(4,15-20-12-9-6-2)16-22-17(23)21-13-10-7-3/h19-20H,5-16H2,1-4H3,(H2,21,22,23). The number of unbranched alkanes of at least 4 members (excludes halogenated alkanes) is 3. The lowest BCUT2D eigenvalue weighted by atomic mass is 9.90. The van der Waals surface area contributed by atoms with Crippen molar-refractivity contribution in [3.05, 3.63) is 0 Å². The molecule has 0 unspecified atom stereocenters. The van der Waals surface area contributed by atoms with E-state index >= 15 is 0 Å². The maximum Gasteiger partial charge on any atom is 0.314 e. The third-order valence-electron chi connectivity index (χ3n) is 4.01. The van der Waals surface area contributed by atoms with E-state index in [2.05, 4.69) is 49.0 Å². The van der Waals surface area contributed by atoms with Crippen LogP contribution in [0.15, 0.2) is 0 Å². The van der Waals surface area contributed by atoms with Crippen molar-refractivity contribution in [3.63, 3.8) is 0 Å². The third-order valence-corrected chi connectivity index (χ3v) is 4.01. The number of carbonyl (C=O) groups is 1. The lowest BCUT2D eigenvalue weighted by Crippen LogP contribution is -2.50. The molecule has 0 aromatic carbocycles. The molecule has 0 aromatic rings. The molecule has 0 saturated heterocycles. The van der Waals surface area contributed by atoms with E-state index in [-0.39, 0.29) is 11.4 Å². The minimum Gasteiger partial charge on any atom is -0.338 e. The highest BCUT2D eigenvalue weighted by Gasteiger charge is 2.24. The van der Waals surface area contributed by atoms with Crippen molar-refractivity contribution in [2.45, 2.75) is 66.2 Å². The molecule has 5 nitrogen and oxygen atoms in total. The van der Waals surface area contributed by atoms with Crippen LogP contribution in [0.2, 0.25) is 0 Å². The maximum absolute atomic E-state index is 11.9. The van der Waals surface area contributed by atoms with Gasteiger partial charge in [-0.15, -0.1) is 0 Å². The molecule has 0 aromatic heterocycles. The third kappa shape index (κ3) is 13.3. The van der Waals surface area contributed by atoms with Gasteiger partial charge in [0.25, 0.3) is 0 Å². The van der Waals surface area contributed by atoms with E-state index < -0.39 is 0 Å². The lowest BCUT2D eigenvalue weighted by molar-refractivity contribution is 0.227. The fraction of sp³-hybridized carbons (Fsp3) is 0.944. The molecule has 23 heavy (non-hydrogen) atoms. The average Bonchev–Trinajstić information content (AvgIpc) is 2.54. The molecule has 138 valence electrons. The molecule has 0 heterocycles. The Kier molecular flexibility index (Phi) is 14.2. The zero-order chi connectivity index (χ0) is 17.4. The lowest BCUT2D eigenvalue weighted by Gasteiger charge is -2.31. The molecule has 0 radical (unpaired) electrons. The second kappa shape index (κ2) is 14.8. The van der Waals surface area contributed by atoms with Gasteiger partial charge in [-0.2, -0.15) is 0 Å². The van der Waals surface area contributed by atoms with E-state index in [4.69, 9.17) is 0 Å². The highest BCUT2D eigenvalue weighted by atomic mass is 16.2. The number of rotatable bonds is 15. The van der Waals surface area contributed by atoms with E-state index in [0.717, 1.165) is 45.6 Å². The SMILES string of the molecule is CCCCNCC(C)(CNCCCC)CNC(=O)NCCCC. The van der Waals surface area contributed by atoms with Gasteiger partial charge in [0, 0.05) is 31.6 Å². The van der Waals surface area contributed by atoms with Crippen molar-refractivity contribution >= 4 is 6.03 Å². The van der Waals surface area contributed by atoms with E-state index in [1.807, 2.05) is 0 Å². The molecule has 0 spiro atoms. The van der Waals surface area contributed by atoms with Crippen molar-refractivity contribution in [1.29, 1.82) is 0 Å². The molecule has 0 aliphatic heterocycles. The zero-order valence-electron chi connectivity index (χ0n) is 15.9. The van der Waals surface area contributed by atoms with Gasteiger partial charge in [-0.1, -0.05) is 47.0 Å². The molecule has 0 saturated carbocycles. The van der Waals surface area contributed by atoms with Crippen LogP contribution in [-0.2, 0) is 0 Å². The topological polar surface area (TPSA) is 65.2 Å². The Hall–Kier alpha value is -0.810. The number of hydrogen-bond acceptors (Lipinski definition) is 3. The van der Waals surface area contributed by atoms with E-state index in [1.165, 1.54) is 25.7 Å². The predicted molar refractivity (Wildman–Crippen MR) is 100.0 cm³/mol. The van der Waals surface area contributed by atoms with E-state index in [1.54, 1.807) is 0 Å². The van der Waals surface area contributed by atoms with Crippen LogP contribution >= 0.6 is 0 Å². The Morgan fingerprint density at radius 3 is 1.70 bits per heavy atom. The van der Waals surface area contributed by atoms with Crippen molar-refractivity contribution < 1.29 is 4.79 Å². The first kappa shape index (κ1) is 22.2. The van der Waals surface area contributed by atoms with E-state index in [0.29, 0.717) is 6.54 Å². The van der Waals surface area contributed by atoms with Crippen molar-refractivity contribution in [2.24, 2.45) is 5.41 Å². The number of hydrogen-bond donors (Lipinski definition) is 4. The Labute approximate surface area is 143 Å². The molecule has 0 bridgehead atoms. The number of amides is 2. The Morgan fingerprint density at radius 2 is 1.22 bits per heavy atom. The van der Waals surface area contributed by atoms with Crippen LogP contribution in [0.5, 0.6) is 0 Å². The molecular formula is C18H40N4O. The quantitative estimate of drug-likeness (QED) is 0.350. The summed E-state index contributed by atoms with van der Waals surface area (Å²) in [7, 11) is 0. The summed E-state index contributed by atoms with van der Waals surface area (Å²) in [4.78, 5) is 11.9. The van der Waals surface area contributed by atoms with Gasteiger partial charge in [0.1, 0.15) is 0 Å². The summed E-state index contributed by atoms with van der Waals surface area (Å²) in [6.45, 7) is 14.1. The Bertz CT molecular complexity index is 272. The summed E-state index contributed by atoms with van der Waals surface area (Å²) in [5.41, 5.74) is 0.0313. The van der Waals surface area contributed by atoms with E-state index in [9.17, 15) is 4.79 Å². The van der Waals surface area contributed by atoms with Crippen molar-refractivity contribution in [1.82, 2.24) is 21.3 Å². The van der Waals surface area contributed by atoms with Gasteiger partial charge < -0.3 is 21.3 Å². The predicted octanol–water partition coefficient (Wildman–Crippen LogP) is 2.87. The molecule has 0 fully saturated rings. The van der Waals surface area contributed by atoms with Gasteiger partial charge >= 0.3 is 6.03 Å². The van der Waals surface area contributed by atoms with Crippen molar-refractivity contribution in [3.8, 4) is 0 Å². The molecule has 0 aliphatic rings. The Balaban J connectivity index is 4.19. The van der Waals surface area contributed by atoms with Gasteiger partial charge in [0.2, 0.25) is 0 Å². The van der Waals surface area contributed by atoms with Gasteiger partial charge in [-0.25, -0.2) is 4.79 Å². The molecule has 5 heteroatoms. The maximum atomic E-state index is 11.9. The van der Waals surface area contributed by atoms with Crippen LogP contribution in [0.1, 0.15) is 66.2 Å². The molecular weight excluding hydrogens is 288 g/mol. The molecule has 0 atom stereocenters. The number of urea groups is 1. The highest BCUT2D eigenvalue weighted by molar-refractivity contribution is 5.73. The van der Waals surface area contributed by atoms with Gasteiger partial charge in [0.05, 0.1) is 0 Å². The summed E-state index contributed by atoms with van der Waals surface area (Å²) in [5.74, 6) is 0. The number of carbonyl (C=O) groups excluding carboxylic acids is 1. The first-order valence-electron chi connectivity index (χ1n) is 9.51. The summed E-state index contributed by atoms with van der Waals surface area (Å²) in [6.07, 6.45) is 6.93. The van der Waals surface area contributed by atoms with Crippen LogP contribution in [0.3, 0.4) is 0 Å². The molecule has 4 N–H and O–H groups in total. The van der Waals surface area contributed by atoms with Gasteiger partial charge in [-0.05, 0) is 32.4 Å². The normalized spacial score (nSPS) is 11.5. The monoisotopic (exact) mass is 328 g/mol. The minimum absolute atomic E-state index is 0.0313. The van der Waals surface area contributed by atoms with Crippen LogP contribution in [0.4, 0.5) is 4.79 Å². The first-order valence-corrected chi connectivity index (χ1v) is 9.51. The van der Waals surface area contributed by atoms with Crippen LogP contribution in [0.25, 0.3) is 0 Å². The summed E-state index contributed by atoms with van der Waals surface area (Å²) in [6, 6.07) is -0.0493. The summed E-state index contributed by atoms with van der Waals surface area (Å²) < 4.78 is 0. The highest BCUT2D eigenvalue weighted by Crippen LogP contribution is 2.12. The summed E-state index contributed by atoms with van der Waals surface area (Å²) in [5, 5.41) is 13.0. The van der Waals surface area contributed by atoms with Gasteiger partial charge in [0.15, 0.2) is 0 Å².